The van der Waals surface area contributed by atoms with Gasteiger partial charge in [0.25, 0.3) is 0 Å². The van der Waals surface area contributed by atoms with Crippen LogP contribution in [0.5, 0.6) is 0 Å². The van der Waals surface area contributed by atoms with Crippen LogP contribution in [0, 0.1) is 0 Å². The number of hydrogen-bond acceptors (Lipinski definition) is 3. The molecule has 5 rings (SSSR count). The second-order valence-corrected chi connectivity index (χ2v) is 7.51. The minimum atomic E-state index is -4.44. The monoisotopic (exact) mass is 395 g/mol. The first-order valence-electron chi connectivity index (χ1n) is 9.45. The van der Waals surface area contributed by atoms with Crippen molar-refractivity contribution in [2.45, 2.75) is 31.4 Å². The van der Waals surface area contributed by atoms with Gasteiger partial charge in [0, 0.05) is 40.3 Å². The lowest BCUT2D eigenvalue weighted by atomic mass is 9.75. The van der Waals surface area contributed by atoms with Gasteiger partial charge in [-0.2, -0.15) is 13.2 Å². The van der Waals surface area contributed by atoms with Gasteiger partial charge in [-0.3, -0.25) is 9.59 Å². The van der Waals surface area contributed by atoms with Crippen molar-refractivity contribution in [3.05, 3.63) is 87.6 Å². The Labute approximate surface area is 164 Å². The average molecular weight is 395 g/mol. The number of Topliss-reactive ketones (excluding diaryl/α,β-unsaturated/α-hetero) is 2. The number of alkyl halides is 3. The molecule has 0 saturated carbocycles. The SMILES string of the molecule is O=C1CCCC2=C1[C@H](c1ccc(C(F)(F)F)cc1)C1=C(N2)c2ccccc2C1=O. The first-order valence-corrected chi connectivity index (χ1v) is 9.45. The molecule has 6 heteroatoms. The maximum absolute atomic E-state index is 13.2. The first kappa shape index (κ1) is 17.9. The van der Waals surface area contributed by atoms with E-state index in [2.05, 4.69) is 5.32 Å². The summed E-state index contributed by atoms with van der Waals surface area (Å²) < 4.78 is 39.0. The zero-order valence-electron chi connectivity index (χ0n) is 15.3. The average Bonchev–Trinajstić information content (AvgIpc) is 2.99. The fourth-order valence-corrected chi connectivity index (χ4v) is 4.53. The van der Waals surface area contributed by atoms with Crippen molar-refractivity contribution in [3.8, 4) is 0 Å². The molecule has 146 valence electrons. The molecule has 3 nitrogen and oxygen atoms in total. The molecule has 0 aromatic heterocycles. The third-order valence-electron chi connectivity index (χ3n) is 5.84. The fourth-order valence-electron chi connectivity index (χ4n) is 4.53. The van der Waals surface area contributed by atoms with Gasteiger partial charge in [-0.1, -0.05) is 36.4 Å². The van der Waals surface area contributed by atoms with Crippen LogP contribution in [-0.4, -0.2) is 11.6 Å². The van der Waals surface area contributed by atoms with Crippen LogP contribution in [0.4, 0.5) is 13.2 Å². The summed E-state index contributed by atoms with van der Waals surface area (Å²) in [4.78, 5) is 26.0. The summed E-state index contributed by atoms with van der Waals surface area (Å²) in [5.74, 6) is -0.895. The van der Waals surface area contributed by atoms with Crippen LogP contribution in [-0.2, 0) is 11.0 Å². The van der Waals surface area contributed by atoms with E-state index < -0.39 is 17.7 Å². The summed E-state index contributed by atoms with van der Waals surface area (Å²) in [6.07, 6.45) is -2.68. The summed E-state index contributed by atoms with van der Waals surface area (Å²) in [6.45, 7) is 0. The summed E-state index contributed by atoms with van der Waals surface area (Å²) in [5, 5.41) is 3.31. The van der Waals surface area contributed by atoms with Gasteiger partial charge in [0.1, 0.15) is 0 Å². The topological polar surface area (TPSA) is 46.2 Å². The Morgan fingerprint density at radius 3 is 2.24 bits per heavy atom. The molecular weight excluding hydrogens is 379 g/mol. The van der Waals surface area contributed by atoms with Crippen molar-refractivity contribution in [3.63, 3.8) is 0 Å². The number of fused-ring (bicyclic) bond motifs is 2. The highest BCUT2D eigenvalue weighted by atomic mass is 19.4. The van der Waals surface area contributed by atoms with Crippen molar-refractivity contribution >= 4 is 17.3 Å². The van der Waals surface area contributed by atoms with Crippen LogP contribution < -0.4 is 5.32 Å². The van der Waals surface area contributed by atoms with Crippen molar-refractivity contribution in [2.75, 3.05) is 0 Å². The maximum atomic E-state index is 13.2. The van der Waals surface area contributed by atoms with E-state index >= 15 is 0 Å². The standard InChI is InChI=1S/C23H16F3NO2/c24-23(25,26)13-10-8-12(9-11-13)18-19-16(6-3-7-17(19)28)27-21-14-4-1-2-5-15(14)22(29)20(18)21/h1-2,4-5,8-11,18,27H,3,6-7H2/t18-/m0/s1. The van der Waals surface area contributed by atoms with E-state index in [4.69, 9.17) is 0 Å². The zero-order valence-corrected chi connectivity index (χ0v) is 15.3. The van der Waals surface area contributed by atoms with Crippen LogP contribution in [0.15, 0.2) is 65.4 Å². The van der Waals surface area contributed by atoms with Crippen molar-refractivity contribution in [1.29, 1.82) is 0 Å². The molecule has 0 amide bonds. The Morgan fingerprint density at radius 1 is 0.862 bits per heavy atom. The van der Waals surface area contributed by atoms with Crippen LogP contribution in [0.3, 0.4) is 0 Å². The lowest BCUT2D eigenvalue weighted by molar-refractivity contribution is -0.137. The lowest BCUT2D eigenvalue weighted by Crippen LogP contribution is -2.31. The number of carbonyl (C=O) groups is 2. The minimum absolute atomic E-state index is 0.0565. The fraction of sp³-hybridized carbons (Fsp3) is 0.217. The molecule has 2 aromatic carbocycles. The van der Waals surface area contributed by atoms with E-state index in [-0.39, 0.29) is 11.6 Å². The Hall–Kier alpha value is -3.15. The lowest BCUT2D eigenvalue weighted by Gasteiger charge is -2.33. The predicted octanol–water partition coefficient (Wildman–Crippen LogP) is 5.01. The molecule has 0 saturated heterocycles. The van der Waals surface area contributed by atoms with Crippen molar-refractivity contribution in [2.24, 2.45) is 0 Å². The summed E-state index contributed by atoms with van der Waals surface area (Å²) in [6, 6.07) is 12.0. The van der Waals surface area contributed by atoms with E-state index in [0.29, 0.717) is 47.2 Å². The highest BCUT2D eigenvalue weighted by Gasteiger charge is 2.43. The summed E-state index contributed by atoms with van der Waals surface area (Å²) >= 11 is 0. The molecule has 1 heterocycles. The molecule has 29 heavy (non-hydrogen) atoms. The smallest absolute Gasteiger partial charge is 0.358 e. The van der Waals surface area contributed by atoms with Gasteiger partial charge in [0.2, 0.25) is 0 Å². The molecule has 0 radical (unpaired) electrons. The molecule has 3 aliphatic rings. The summed E-state index contributed by atoms with van der Waals surface area (Å²) in [7, 11) is 0. The highest BCUT2D eigenvalue weighted by molar-refractivity contribution is 6.23. The quantitative estimate of drug-likeness (QED) is 0.739. The number of halogens is 3. The molecular formula is C23H16F3NO2. The maximum Gasteiger partial charge on any atom is 0.416 e. The van der Waals surface area contributed by atoms with Crippen LogP contribution in [0.1, 0.15) is 52.2 Å². The van der Waals surface area contributed by atoms with Gasteiger partial charge in [-0.25, -0.2) is 0 Å². The van der Waals surface area contributed by atoms with E-state index in [1.54, 1.807) is 12.1 Å². The van der Waals surface area contributed by atoms with Crippen molar-refractivity contribution in [1.82, 2.24) is 5.32 Å². The van der Waals surface area contributed by atoms with Gasteiger partial charge in [-0.05, 0) is 30.5 Å². The molecule has 1 aliphatic heterocycles. The first-order chi connectivity index (χ1) is 13.9. The normalized spacial score (nSPS) is 21.0. The van der Waals surface area contributed by atoms with Crippen LogP contribution in [0.25, 0.3) is 5.70 Å². The molecule has 1 atom stereocenters. The predicted molar refractivity (Wildman–Crippen MR) is 101 cm³/mol. The van der Waals surface area contributed by atoms with Gasteiger partial charge in [0.15, 0.2) is 11.6 Å². The molecule has 0 fully saturated rings. The van der Waals surface area contributed by atoms with E-state index in [1.807, 2.05) is 12.1 Å². The number of hydrogen-bond donors (Lipinski definition) is 1. The van der Waals surface area contributed by atoms with E-state index in [0.717, 1.165) is 23.4 Å². The second kappa shape index (κ2) is 6.17. The van der Waals surface area contributed by atoms with Crippen LogP contribution in [0.2, 0.25) is 0 Å². The largest absolute Gasteiger partial charge is 0.416 e. The molecule has 0 bridgehead atoms. The number of ketones is 2. The Morgan fingerprint density at radius 2 is 1.55 bits per heavy atom. The number of nitrogens with one attached hydrogen (secondary N) is 1. The molecule has 1 N–H and O–H groups in total. The Bertz CT molecular complexity index is 1120. The highest BCUT2D eigenvalue weighted by Crippen LogP contribution is 2.48. The van der Waals surface area contributed by atoms with Crippen molar-refractivity contribution < 1.29 is 22.8 Å². The number of benzene rings is 2. The number of carbonyl (C=O) groups excluding carboxylic acids is 2. The summed E-state index contributed by atoms with van der Waals surface area (Å²) in [5.41, 5.74) is 3.49. The molecule has 2 aliphatic carbocycles. The third-order valence-corrected chi connectivity index (χ3v) is 5.84. The zero-order chi connectivity index (χ0) is 20.3. The number of rotatable bonds is 1. The van der Waals surface area contributed by atoms with Gasteiger partial charge in [0.05, 0.1) is 11.3 Å². The Kier molecular flexibility index (Phi) is 3.81. The molecule has 0 spiro atoms. The van der Waals surface area contributed by atoms with E-state index in [9.17, 15) is 22.8 Å². The molecule has 2 aromatic rings. The van der Waals surface area contributed by atoms with Crippen LogP contribution >= 0.6 is 0 Å². The number of dihydropyridines is 1. The Balaban J connectivity index is 1.70. The van der Waals surface area contributed by atoms with Gasteiger partial charge < -0.3 is 5.32 Å². The van der Waals surface area contributed by atoms with Gasteiger partial charge >= 0.3 is 6.18 Å². The number of allylic oxidation sites excluding steroid dienone is 3. The third kappa shape index (κ3) is 2.66. The molecule has 0 unspecified atom stereocenters. The van der Waals surface area contributed by atoms with Gasteiger partial charge in [-0.15, -0.1) is 0 Å². The van der Waals surface area contributed by atoms with E-state index in [1.165, 1.54) is 12.1 Å². The minimum Gasteiger partial charge on any atom is -0.358 e. The second-order valence-electron chi connectivity index (χ2n) is 7.51.